The van der Waals surface area contributed by atoms with Gasteiger partial charge in [-0.05, 0) is 32.9 Å². The van der Waals surface area contributed by atoms with E-state index in [-0.39, 0.29) is 17.0 Å². The second kappa shape index (κ2) is 4.94. The second-order valence-corrected chi connectivity index (χ2v) is 5.04. The van der Waals surface area contributed by atoms with E-state index in [0.29, 0.717) is 5.56 Å². The summed E-state index contributed by atoms with van der Waals surface area (Å²) in [6, 6.07) is 2.96. The number of hydrogen-bond donors (Lipinski definition) is 2. The Kier molecular flexibility index (Phi) is 3.52. The van der Waals surface area contributed by atoms with Crippen molar-refractivity contribution in [2.75, 3.05) is 20.1 Å². The summed E-state index contributed by atoms with van der Waals surface area (Å²) in [6.45, 7) is 3.67. The van der Waals surface area contributed by atoms with Gasteiger partial charge in [-0.3, -0.25) is 9.59 Å². The predicted molar refractivity (Wildman–Crippen MR) is 69.7 cm³/mol. The van der Waals surface area contributed by atoms with Gasteiger partial charge in [-0.1, -0.05) is 0 Å². The number of piperidine rings is 1. The molecule has 2 N–H and O–H groups in total. The van der Waals surface area contributed by atoms with Crippen molar-refractivity contribution in [3.8, 4) is 0 Å². The van der Waals surface area contributed by atoms with Gasteiger partial charge in [0, 0.05) is 30.9 Å². The molecule has 18 heavy (non-hydrogen) atoms. The minimum atomic E-state index is -0.187. The molecule has 1 aliphatic heterocycles. The molecule has 0 bridgehead atoms. The van der Waals surface area contributed by atoms with E-state index in [1.165, 1.54) is 12.3 Å². The van der Waals surface area contributed by atoms with Gasteiger partial charge in [0.1, 0.15) is 0 Å². The van der Waals surface area contributed by atoms with Crippen molar-refractivity contribution in [3.05, 3.63) is 34.2 Å². The number of hydrogen-bond acceptors (Lipinski definition) is 3. The molecule has 1 fully saturated rings. The summed E-state index contributed by atoms with van der Waals surface area (Å²) in [4.78, 5) is 27.5. The van der Waals surface area contributed by atoms with E-state index in [1.807, 2.05) is 11.9 Å². The molecule has 98 valence electrons. The lowest BCUT2D eigenvalue weighted by Gasteiger charge is -2.39. The van der Waals surface area contributed by atoms with Gasteiger partial charge in [0.15, 0.2) is 0 Å². The number of H-pyrrole nitrogens is 1. The van der Waals surface area contributed by atoms with Crippen LogP contribution >= 0.6 is 0 Å². The maximum Gasteiger partial charge on any atom is 0.255 e. The van der Waals surface area contributed by atoms with E-state index in [0.717, 1.165) is 25.9 Å². The SMILES string of the molecule is CNC1(C)CCN(C(=O)c2ccc(=O)[nH]c2)CC1. The van der Waals surface area contributed by atoms with Crippen LogP contribution in [0.1, 0.15) is 30.1 Å². The number of aromatic amines is 1. The average Bonchev–Trinajstić information content (AvgIpc) is 2.40. The van der Waals surface area contributed by atoms with E-state index < -0.39 is 0 Å². The maximum atomic E-state index is 12.2. The largest absolute Gasteiger partial charge is 0.338 e. The van der Waals surface area contributed by atoms with Crippen molar-refractivity contribution in [3.63, 3.8) is 0 Å². The molecule has 0 atom stereocenters. The third kappa shape index (κ3) is 2.61. The molecule has 0 saturated carbocycles. The van der Waals surface area contributed by atoms with Crippen molar-refractivity contribution in [2.24, 2.45) is 0 Å². The highest BCUT2D eigenvalue weighted by molar-refractivity contribution is 5.93. The lowest BCUT2D eigenvalue weighted by molar-refractivity contribution is 0.0661. The number of carbonyl (C=O) groups is 1. The Labute approximate surface area is 106 Å². The fraction of sp³-hybridized carbons (Fsp3) is 0.538. The predicted octanol–water partition coefficient (Wildman–Crippen LogP) is 0.589. The smallest absolute Gasteiger partial charge is 0.255 e. The van der Waals surface area contributed by atoms with Crippen molar-refractivity contribution in [1.29, 1.82) is 0 Å². The Morgan fingerprint density at radius 3 is 2.56 bits per heavy atom. The van der Waals surface area contributed by atoms with Gasteiger partial charge >= 0.3 is 0 Å². The number of nitrogens with zero attached hydrogens (tertiary/aromatic N) is 1. The molecule has 1 amide bonds. The molecule has 1 saturated heterocycles. The van der Waals surface area contributed by atoms with Crippen LogP contribution in [-0.2, 0) is 0 Å². The van der Waals surface area contributed by atoms with Gasteiger partial charge in [0.2, 0.25) is 5.56 Å². The first-order valence-electron chi connectivity index (χ1n) is 6.21. The highest BCUT2D eigenvalue weighted by Gasteiger charge is 2.30. The highest BCUT2D eigenvalue weighted by atomic mass is 16.2. The maximum absolute atomic E-state index is 12.2. The van der Waals surface area contributed by atoms with Crippen molar-refractivity contribution >= 4 is 5.91 Å². The number of pyridine rings is 1. The molecule has 2 rings (SSSR count). The van der Waals surface area contributed by atoms with Crippen LogP contribution in [0.3, 0.4) is 0 Å². The first-order chi connectivity index (χ1) is 8.54. The lowest BCUT2D eigenvalue weighted by Crippen LogP contribution is -2.51. The van der Waals surface area contributed by atoms with E-state index in [9.17, 15) is 9.59 Å². The number of likely N-dealkylation sites (tertiary alicyclic amines) is 1. The highest BCUT2D eigenvalue weighted by Crippen LogP contribution is 2.22. The van der Waals surface area contributed by atoms with Crippen LogP contribution in [0.25, 0.3) is 0 Å². The lowest BCUT2D eigenvalue weighted by atomic mass is 9.89. The van der Waals surface area contributed by atoms with Gasteiger partial charge in [-0.2, -0.15) is 0 Å². The van der Waals surface area contributed by atoms with Crippen LogP contribution in [0.2, 0.25) is 0 Å². The van der Waals surface area contributed by atoms with Gasteiger partial charge in [-0.15, -0.1) is 0 Å². The van der Waals surface area contributed by atoms with Crippen molar-refractivity contribution < 1.29 is 4.79 Å². The molecular formula is C13H19N3O2. The van der Waals surface area contributed by atoms with Gasteiger partial charge in [0.05, 0.1) is 5.56 Å². The summed E-state index contributed by atoms with van der Waals surface area (Å²) >= 11 is 0. The molecule has 1 aromatic heterocycles. The molecule has 0 radical (unpaired) electrons. The number of aromatic nitrogens is 1. The van der Waals surface area contributed by atoms with Crippen LogP contribution in [0, 0.1) is 0 Å². The fourth-order valence-electron chi connectivity index (χ4n) is 2.18. The number of carbonyl (C=O) groups excluding carboxylic acids is 1. The zero-order valence-corrected chi connectivity index (χ0v) is 10.8. The molecule has 5 heteroatoms. The molecule has 1 aromatic rings. The first kappa shape index (κ1) is 12.8. The van der Waals surface area contributed by atoms with Crippen molar-refractivity contribution in [1.82, 2.24) is 15.2 Å². The van der Waals surface area contributed by atoms with Gasteiger partial charge < -0.3 is 15.2 Å². The Hall–Kier alpha value is -1.62. The zero-order chi connectivity index (χ0) is 13.2. The monoisotopic (exact) mass is 249 g/mol. The molecular weight excluding hydrogens is 230 g/mol. The first-order valence-corrected chi connectivity index (χ1v) is 6.21. The van der Waals surface area contributed by atoms with Crippen LogP contribution in [-0.4, -0.2) is 41.5 Å². The van der Waals surface area contributed by atoms with E-state index in [4.69, 9.17) is 0 Å². The molecule has 0 aliphatic carbocycles. The summed E-state index contributed by atoms with van der Waals surface area (Å²) in [5, 5.41) is 3.30. The van der Waals surface area contributed by atoms with E-state index in [1.54, 1.807) is 6.07 Å². The van der Waals surface area contributed by atoms with Crippen molar-refractivity contribution in [2.45, 2.75) is 25.3 Å². The van der Waals surface area contributed by atoms with Gasteiger partial charge in [0.25, 0.3) is 5.91 Å². The summed E-state index contributed by atoms with van der Waals surface area (Å²) in [5.74, 6) is -0.00981. The fourth-order valence-corrected chi connectivity index (χ4v) is 2.18. The zero-order valence-electron chi connectivity index (χ0n) is 10.8. The molecule has 0 unspecified atom stereocenters. The molecule has 0 spiro atoms. The molecule has 0 aromatic carbocycles. The Bertz CT molecular complexity index is 467. The van der Waals surface area contributed by atoms with E-state index >= 15 is 0 Å². The minimum absolute atomic E-state index is 0.00981. The number of rotatable bonds is 2. The average molecular weight is 249 g/mol. The summed E-state index contributed by atoms with van der Waals surface area (Å²) in [7, 11) is 1.96. The second-order valence-electron chi connectivity index (χ2n) is 5.04. The summed E-state index contributed by atoms with van der Waals surface area (Å²) in [5.41, 5.74) is 0.484. The number of amides is 1. The third-order valence-electron chi connectivity index (χ3n) is 3.79. The number of nitrogens with one attached hydrogen (secondary N) is 2. The minimum Gasteiger partial charge on any atom is -0.338 e. The van der Waals surface area contributed by atoms with Crippen LogP contribution in [0.4, 0.5) is 0 Å². The normalized spacial score (nSPS) is 18.7. The van der Waals surface area contributed by atoms with Crippen LogP contribution in [0.15, 0.2) is 23.1 Å². The van der Waals surface area contributed by atoms with Crippen LogP contribution < -0.4 is 10.9 Å². The standard InChI is InChI=1S/C13H19N3O2/c1-13(14-2)5-7-16(8-6-13)12(18)10-3-4-11(17)15-9-10/h3-4,9,14H,5-8H2,1-2H3,(H,15,17). The Morgan fingerprint density at radius 1 is 1.39 bits per heavy atom. The Morgan fingerprint density at radius 2 is 2.06 bits per heavy atom. The van der Waals surface area contributed by atoms with Crippen LogP contribution in [0.5, 0.6) is 0 Å². The van der Waals surface area contributed by atoms with Gasteiger partial charge in [-0.25, -0.2) is 0 Å². The third-order valence-corrected chi connectivity index (χ3v) is 3.79. The molecule has 1 aliphatic rings. The molecule has 5 nitrogen and oxygen atoms in total. The topological polar surface area (TPSA) is 65.2 Å². The Balaban J connectivity index is 2.04. The van der Waals surface area contributed by atoms with E-state index in [2.05, 4.69) is 17.2 Å². The summed E-state index contributed by atoms with van der Waals surface area (Å²) < 4.78 is 0. The quantitative estimate of drug-likeness (QED) is 0.806. The summed E-state index contributed by atoms with van der Waals surface area (Å²) in [6.07, 6.45) is 3.37. The molecule has 2 heterocycles.